The SMILES string of the molecule is Cc1cccc(-c2nnc(NC(=O)[C@H](Cc3ccccc3)NC(=O)C(C)(C)C)s2)c1. The van der Waals surface area contributed by atoms with Crippen molar-refractivity contribution < 1.29 is 9.59 Å². The molecule has 0 fully saturated rings. The van der Waals surface area contributed by atoms with Gasteiger partial charge in [-0.2, -0.15) is 0 Å². The van der Waals surface area contributed by atoms with Gasteiger partial charge in [0.25, 0.3) is 0 Å². The van der Waals surface area contributed by atoms with Crippen LogP contribution in [0.4, 0.5) is 5.13 Å². The smallest absolute Gasteiger partial charge is 0.249 e. The molecule has 2 N–H and O–H groups in total. The van der Waals surface area contributed by atoms with E-state index < -0.39 is 11.5 Å². The number of benzene rings is 2. The normalized spacial score (nSPS) is 12.3. The highest BCUT2D eigenvalue weighted by molar-refractivity contribution is 7.18. The fourth-order valence-corrected chi connectivity index (χ4v) is 3.54. The van der Waals surface area contributed by atoms with Gasteiger partial charge in [0.15, 0.2) is 0 Å². The average molecular weight is 423 g/mol. The fourth-order valence-electron chi connectivity index (χ4n) is 2.79. The molecule has 0 unspecified atom stereocenters. The van der Waals surface area contributed by atoms with Gasteiger partial charge in [-0.1, -0.05) is 86.2 Å². The Morgan fingerprint density at radius 2 is 1.77 bits per heavy atom. The van der Waals surface area contributed by atoms with Crippen LogP contribution < -0.4 is 10.6 Å². The quantitative estimate of drug-likeness (QED) is 0.623. The van der Waals surface area contributed by atoms with Crippen LogP contribution >= 0.6 is 11.3 Å². The van der Waals surface area contributed by atoms with Crippen LogP contribution in [0.2, 0.25) is 0 Å². The third kappa shape index (κ3) is 5.73. The second-order valence-corrected chi connectivity index (χ2v) is 9.21. The van der Waals surface area contributed by atoms with Crippen molar-refractivity contribution in [1.82, 2.24) is 15.5 Å². The summed E-state index contributed by atoms with van der Waals surface area (Å²) in [6.45, 7) is 7.47. The molecule has 0 saturated heterocycles. The Bertz CT molecular complexity index is 1020. The summed E-state index contributed by atoms with van der Waals surface area (Å²) in [5.41, 5.74) is 2.44. The predicted molar refractivity (Wildman–Crippen MR) is 120 cm³/mol. The number of amides is 2. The van der Waals surface area contributed by atoms with Gasteiger partial charge in [-0.05, 0) is 18.6 Å². The van der Waals surface area contributed by atoms with Gasteiger partial charge in [0.05, 0.1) is 0 Å². The van der Waals surface area contributed by atoms with Crippen molar-refractivity contribution in [3.8, 4) is 10.6 Å². The van der Waals surface area contributed by atoms with Crippen LogP contribution in [0.5, 0.6) is 0 Å². The van der Waals surface area contributed by atoms with Gasteiger partial charge in [0, 0.05) is 17.4 Å². The van der Waals surface area contributed by atoms with Gasteiger partial charge < -0.3 is 5.32 Å². The fraction of sp³-hybridized carbons (Fsp3) is 0.304. The van der Waals surface area contributed by atoms with Gasteiger partial charge in [-0.3, -0.25) is 14.9 Å². The molecular weight excluding hydrogens is 396 g/mol. The molecular formula is C23H26N4O2S. The number of rotatable bonds is 6. The van der Waals surface area contributed by atoms with Crippen LogP contribution in [0, 0.1) is 12.3 Å². The second-order valence-electron chi connectivity index (χ2n) is 8.24. The Labute approximate surface area is 180 Å². The standard InChI is InChI=1S/C23H26N4O2S/c1-15-9-8-12-17(13-15)20-26-27-22(30-20)25-19(28)18(24-21(29)23(2,3)4)14-16-10-6-5-7-11-16/h5-13,18H,14H2,1-4H3,(H,24,29)(H,25,27,28)/t18-/m0/s1. The maximum Gasteiger partial charge on any atom is 0.249 e. The number of hydrogen-bond acceptors (Lipinski definition) is 5. The predicted octanol–water partition coefficient (Wildman–Crippen LogP) is 4.23. The molecule has 0 aliphatic heterocycles. The molecule has 6 nitrogen and oxygen atoms in total. The zero-order valence-electron chi connectivity index (χ0n) is 17.6. The van der Waals surface area contributed by atoms with Crippen LogP contribution in [-0.2, 0) is 16.0 Å². The molecule has 156 valence electrons. The van der Waals surface area contributed by atoms with Gasteiger partial charge >= 0.3 is 0 Å². The monoisotopic (exact) mass is 422 g/mol. The average Bonchev–Trinajstić information content (AvgIpc) is 3.16. The lowest BCUT2D eigenvalue weighted by Crippen LogP contribution is -2.48. The first-order valence-corrected chi connectivity index (χ1v) is 10.6. The molecule has 30 heavy (non-hydrogen) atoms. The van der Waals surface area contributed by atoms with Crippen LogP contribution in [0.3, 0.4) is 0 Å². The Morgan fingerprint density at radius 1 is 1.03 bits per heavy atom. The lowest BCUT2D eigenvalue weighted by Gasteiger charge is -2.23. The van der Waals surface area contributed by atoms with Crippen molar-refractivity contribution in [3.63, 3.8) is 0 Å². The largest absolute Gasteiger partial charge is 0.344 e. The number of anilines is 1. The van der Waals surface area contributed by atoms with Crippen molar-refractivity contribution in [2.75, 3.05) is 5.32 Å². The highest BCUT2D eigenvalue weighted by Gasteiger charge is 2.28. The molecule has 0 spiro atoms. The molecule has 7 heteroatoms. The third-order valence-electron chi connectivity index (χ3n) is 4.51. The summed E-state index contributed by atoms with van der Waals surface area (Å²) in [6.07, 6.45) is 0.387. The molecule has 0 saturated carbocycles. The zero-order chi connectivity index (χ0) is 21.7. The van der Waals surface area contributed by atoms with E-state index in [0.29, 0.717) is 11.6 Å². The van der Waals surface area contributed by atoms with Crippen molar-refractivity contribution in [1.29, 1.82) is 0 Å². The van der Waals surface area contributed by atoms with Crippen molar-refractivity contribution in [2.24, 2.45) is 5.41 Å². The highest BCUT2D eigenvalue weighted by atomic mass is 32.1. The first-order chi connectivity index (χ1) is 14.2. The van der Waals surface area contributed by atoms with E-state index in [4.69, 9.17) is 0 Å². The van der Waals surface area contributed by atoms with Crippen LogP contribution in [0.1, 0.15) is 31.9 Å². The molecule has 0 radical (unpaired) electrons. The second kappa shape index (κ2) is 9.17. The zero-order valence-corrected chi connectivity index (χ0v) is 18.4. The molecule has 3 rings (SSSR count). The number of nitrogens with one attached hydrogen (secondary N) is 2. The molecule has 1 aromatic heterocycles. The summed E-state index contributed by atoms with van der Waals surface area (Å²) >= 11 is 1.30. The molecule has 0 aliphatic rings. The minimum Gasteiger partial charge on any atom is -0.344 e. The third-order valence-corrected chi connectivity index (χ3v) is 5.39. The van der Waals surface area contributed by atoms with E-state index >= 15 is 0 Å². The number of carbonyl (C=O) groups excluding carboxylic acids is 2. The molecule has 0 aliphatic carbocycles. The first kappa shape index (κ1) is 21.6. The van der Waals surface area contributed by atoms with Crippen molar-refractivity contribution >= 4 is 28.3 Å². The van der Waals surface area contributed by atoms with Gasteiger partial charge in [0.1, 0.15) is 11.0 Å². The van der Waals surface area contributed by atoms with Crippen LogP contribution in [-0.4, -0.2) is 28.1 Å². The van der Waals surface area contributed by atoms with Gasteiger partial charge in [-0.25, -0.2) is 0 Å². The Hall–Kier alpha value is -3.06. The Kier molecular flexibility index (Phi) is 6.62. The van der Waals surface area contributed by atoms with E-state index in [1.807, 2.05) is 82.3 Å². The summed E-state index contributed by atoms with van der Waals surface area (Å²) in [5, 5.41) is 15.1. The minimum absolute atomic E-state index is 0.184. The topological polar surface area (TPSA) is 84.0 Å². The summed E-state index contributed by atoms with van der Waals surface area (Å²) in [4.78, 5) is 25.5. The highest BCUT2D eigenvalue weighted by Crippen LogP contribution is 2.27. The number of aryl methyl sites for hydroxylation is 1. The Balaban J connectivity index is 1.76. The number of carbonyl (C=O) groups is 2. The molecule has 2 aromatic carbocycles. The van der Waals surface area contributed by atoms with E-state index in [1.165, 1.54) is 11.3 Å². The summed E-state index contributed by atoms with van der Waals surface area (Å²) in [5.74, 6) is -0.500. The van der Waals surface area contributed by atoms with E-state index in [1.54, 1.807) is 0 Å². The first-order valence-electron chi connectivity index (χ1n) is 9.78. The number of aromatic nitrogens is 2. The maximum absolute atomic E-state index is 13.0. The summed E-state index contributed by atoms with van der Waals surface area (Å²) in [6, 6.07) is 16.8. The Morgan fingerprint density at radius 3 is 2.43 bits per heavy atom. The minimum atomic E-state index is -0.717. The molecule has 1 heterocycles. The van der Waals surface area contributed by atoms with Gasteiger partial charge in [0.2, 0.25) is 16.9 Å². The summed E-state index contributed by atoms with van der Waals surface area (Å²) in [7, 11) is 0. The number of hydrogen-bond donors (Lipinski definition) is 2. The lowest BCUT2D eigenvalue weighted by atomic mass is 9.94. The van der Waals surface area contributed by atoms with Crippen LogP contribution in [0.25, 0.3) is 10.6 Å². The van der Waals surface area contributed by atoms with E-state index in [2.05, 4.69) is 20.8 Å². The molecule has 3 aromatic rings. The van der Waals surface area contributed by atoms with E-state index in [9.17, 15) is 9.59 Å². The molecule has 0 bridgehead atoms. The van der Waals surface area contributed by atoms with Crippen molar-refractivity contribution in [3.05, 3.63) is 65.7 Å². The molecule has 1 atom stereocenters. The number of nitrogens with zero attached hydrogens (tertiary/aromatic N) is 2. The van der Waals surface area contributed by atoms with Gasteiger partial charge in [-0.15, -0.1) is 10.2 Å². The van der Waals surface area contributed by atoms with E-state index in [0.717, 1.165) is 21.7 Å². The molecule has 2 amide bonds. The maximum atomic E-state index is 13.0. The van der Waals surface area contributed by atoms with E-state index in [-0.39, 0.29) is 11.8 Å². The van der Waals surface area contributed by atoms with Crippen LogP contribution in [0.15, 0.2) is 54.6 Å². The summed E-state index contributed by atoms with van der Waals surface area (Å²) < 4.78 is 0. The lowest BCUT2D eigenvalue weighted by molar-refractivity contribution is -0.132. The van der Waals surface area contributed by atoms with Crippen molar-refractivity contribution in [2.45, 2.75) is 40.2 Å².